The van der Waals surface area contributed by atoms with E-state index in [2.05, 4.69) is 22.6 Å². The van der Waals surface area contributed by atoms with Gasteiger partial charge in [0.1, 0.15) is 41.3 Å². The molecule has 0 aromatic heterocycles. The van der Waals surface area contributed by atoms with Gasteiger partial charge in [-0.25, -0.2) is 0 Å². The second kappa shape index (κ2) is 7.71. The van der Waals surface area contributed by atoms with E-state index in [1.165, 1.54) is 6.07 Å². The summed E-state index contributed by atoms with van der Waals surface area (Å²) >= 11 is 2.24. The summed E-state index contributed by atoms with van der Waals surface area (Å²) in [6.45, 7) is 0.338. The number of halogens is 1. The molecule has 5 nitrogen and oxygen atoms in total. The van der Waals surface area contributed by atoms with Crippen molar-refractivity contribution in [1.29, 1.82) is 0 Å². The van der Waals surface area contributed by atoms with E-state index in [1.54, 1.807) is 30.3 Å². The number of aromatic hydroxyl groups is 2. The van der Waals surface area contributed by atoms with Crippen molar-refractivity contribution in [3.8, 4) is 23.0 Å². The first-order valence-electron chi connectivity index (χ1n) is 8.72. The number of fused-ring (bicyclic) bond motifs is 1. The molecule has 142 valence electrons. The second-order valence-electron chi connectivity index (χ2n) is 6.56. The average Bonchev–Trinajstić information content (AvgIpc) is 2.66. The Kier molecular flexibility index (Phi) is 5.13. The molecule has 3 aromatic rings. The fourth-order valence-electron chi connectivity index (χ4n) is 3.17. The third-order valence-corrected chi connectivity index (χ3v) is 5.20. The maximum absolute atomic E-state index is 12.6. The van der Waals surface area contributed by atoms with Crippen molar-refractivity contribution in [1.82, 2.24) is 0 Å². The molecule has 0 saturated heterocycles. The number of rotatable bonds is 4. The van der Waals surface area contributed by atoms with Crippen LogP contribution >= 0.6 is 22.6 Å². The van der Waals surface area contributed by atoms with Crippen LogP contribution < -0.4 is 9.47 Å². The maximum Gasteiger partial charge on any atom is 0.174 e. The van der Waals surface area contributed by atoms with Crippen molar-refractivity contribution in [2.45, 2.75) is 19.1 Å². The third kappa shape index (κ3) is 3.91. The highest BCUT2D eigenvalue weighted by Crippen LogP contribution is 2.42. The van der Waals surface area contributed by atoms with Gasteiger partial charge in [-0.15, -0.1) is 0 Å². The Morgan fingerprint density at radius 3 is 2.61 bits per heavy atom. The van der Waals surface area contributed by atoms with E-state index in [4.69, 9.17) is 9.47 Å². The van der Waals surface area contributed by atoms with Gasteiger partial charge >= 0.3 is 0 Å². The van der Waals surface area contributed by atoms with Gasteiger partial charge in [-0.05, 0) is 58.0 Å². The molecule has 0 amide bonds. The number of phenolic OH excluding ortho intramolecular Hbond substituents is 2. The van der Waals surface area contributed by atoms with E-state index in [9.17, 15) is 15.0 Å². The summed E-state index contributed by atoms with van der Waals surface area (Å²) < 4.78 is 12.9. The molecule has 28 heavy (non-hydrogen) atoms. The first-order valence-corrected chi connectivity index (χ1v) is 9.80. The van der Waals surface area contributed by atoms with Gasteiger partial charge in [0.2, 0.25) is 0 Å². The van der Waals surface area contributed by atoms with Crippen molar-refractivity contribution < 1.29 is 24.5 Å². The summed E-state index contributed by atoms with van der Waals surface area (Å²) in [6.07, 6.45) is -0.362. The minimum Gasteiger partial charge on any atom is -0.508 e. The molecule has 0 saturated carbocycles. The lowest BCUT2D eigenvalue weighted by molar-refractivity contribution is 0.0844. The Bertz CT molecular complexity index is 1030. The molecule has 2 N–H and O–H groups in total. The maximum atomic E-state index is 12.6. The summed E-state index contributed by atoms with van der Waals surface area (Å²) in [4.78, 5) is 12.6. The lowest BCUT2D eigenvalue weighted by atomic mass is 9.95. The van der Waals surface area contributed by atoms with Gasteiger partial charge in [0.05, 0.1) is 6.42 Å². The molecule has 1 unspecified atom stereocenters. The first kappa shape index (κ1) is 18.6. The molecule has 0 aliphatic carbocycles. The highest BCUT2D eigenvalue weighted by molar-refractivity contribution is 14.1. The molecule has 0 bridgehead atoms. The molecule has 6 heteroatoms. The van der Waals surface area contributed by atoms with E-state index in [0.29, 0.717) is 18.1 Å². The van der Waals surface area contributed by atoms with E-state index in [-0.39, 0.29) is 29.3 Å². The number of carbonyl (C=O) groups is 1. The third-order valence-electron chi connectivity index (χ3n) is 4.53. The van der Waals surface area contributed by atoms with Crippen molar-refractivity contribution in [2.24, 2.45) is 0 Å². The van der Waals surface area contributed by atoms with Crippen molar-refractivity contribution in [2.75, 3.05) is 0 Å². The van der Waals surface area contributed by atoms with Crippen LogP contribution in [0.2, 0.25) is 0 Å². The predicted molar refractivity (Wildman–Crippen MR) is 112 cm³/mol. The summed E-state index contributed by atoms with van der Waals surface area (Å²) in [5.74, 6) is 0.529. The fourth-order valence-corrected chi connectivity index (χ4v) is 3.77. The largest absolute Gasteiger partial charge is 0.508 e. The summed E-state index contributed by atoms with van der Waals surface area (Å²) in [5.41, 5.74) is 1.96. The SMILES string of the molecule is O=C1CC(c2ccc(O)cc2)Oc2cc(OCc3cccc(I)c3)cc(O)c21. The Labute approximate surface area is 175 Å². The summed E-state index contributed by atoms with van der Waals surface area (Å²) in [5, 5.41) is 19.8. The summed E-state index contributed by atoms with van der Waals surface area (Å²) in [7, 11) is 0. The van der Waals surface area contributed by atoms with Crippen molar-refractivity contribution >= 4 is 28.4 Å². The highest BCUT2D eigenvalue weighted by Gasteiger charge is 2.31. The minimum absolute atomic E-state index is 0.119. The Balaban J connectivity index is 1.58. The quantitative estimate of drug-likeness (QED) is 0.507. The van der Waals surface area contributed by atoms with Crippen LogP contribution in [0.5, 0.6) is 23.0 Å². The molecule has 1 aliphatic heterocycles. The molecular weight excluding hydrogens is 471 g/mol. The van der Waals surface area contributed by atoms with Crippen LogP contribution in [0, 0.1) is 3.57 Å². The number of Topliss-reactive ketones (excluding diaryl/α,β-unsaturated/α-hetero) is 1. The molecule has 1 aliphatic rings. The topological polar surface area (TPSA) is 76.0 Å². The molecule has 1 atom stereocenters. The monoisotopic (exact) mass is 488 g/mol. The zero-order valence-electron chi connectivity index (χ0n) is 14.8. The molecular formula is C22H17IO5. The van der Waals surface area contributed by atoms with E-state index >= 15 is 0 Å². The minimum atomic E-state index is -0.481. The number of benzene rings is 3. The Hall–Kier alpha value is -2.74. The summed E-state index contributed by atoms with van der Waals surface area (Å²) in [6, 6.07) is 17.5. The van der Waals surface area contributed by atoms with Gasteiger partial charge in [0.15, 0.2) is 5.78 Å². The number of phenols is 2. The van der Waals surface area contributed by atoms with Crippen molar-refractivity contribution in [3.63, 3.8) is 0 Å². The first-order chi connectivity index (χ1) is 13.5. The molecule has 0 fully saturated rings. The van der Waals surface area contributed by atoms with Gasteiger partial charge in [-0.1, -0.05) is 24.3 Å². The van der Waals surface area contributed by atoms with Gasteiger partial charge in [0, 0.05) is 15.7 Å². The van der Waals surface area contributed by atoms with Crippen LogP contribution in [0.25, 0.3) is 0 Å². The van der Waals surface area contributed by atoms with Crippen LogP contribution in [0.1, 0.15) is 34.0 Å². The zero-order valence-corrected chi connectivity index (χ0v) is 16.9. The molecule has 0 spiro atoms. The Morgan fingerprint density at radius 1 is 1.07 bits per heavy atom. The van der Waals surface area contributed by atoms with Crippen molar-refractivity contribution in [3.05, 3.63) is 80.9 Å². The predicted octanol–water partition coefficient (Wildman–Crippen LogP) is 4.99. The number of ether oxygens (including phenoxy) is 2. The van der Waals surface area contributed by atoms with E-state index in [0.717, 1.165) is 14.7 Å². The van der Waals surface area contributed by atoms with Crippen LogP contribution in [0.15, 0.2) is 60.7 Å². The molecule has 1 heterocycles. The van der Waals surface area contributed by atoms with Crippen LogP contribution in [-0.4, -0.2) is 16.0 Å². The highest BCUT2D eigenvalue weighted by atomic mass is 127. The number of carbonyl (C=O) groups excluding carboxylic acids is 1. The number of ketones is 1. The number of hydrogen-bond donors (Lipinski definition) is 2. The molecule has 4 rings (SSSR count). The van der Waals surface area contributed by atoms with E-state index in [1.807, 2.05) is 24.3 Å². The smallest absolute Gasteiger partial charge is 0.174 e. The van der Waals surface area contributed by atoms with Gasteiger partial charge in [0.25, 0.3) is 0 Å². The molecule has 0 radical (unpaired) electrons. The van der Waals surface area contributed by atoms with Gasteiger partial charge < -0.3 is 19.7 Å². The fraction of sp³-hybridized carbons (Fsp3) is 0.136. The van der Waals surface area contributed by atoms with Crippen LogP contribution in [0.3, 0.4) is 0 Å². The second-order valence-corrected chi connectivity index (χ2v) is 7.81. The lowest BCUT2D eigenvalue weighted by Crippen LogP contribution is -2.20. The molecule has 3 aromatic carbocycles. The Morgan fingerprint density at radius 2 is 1.86 bits per heavy atom. The van der Waals surface area contributed by atoms with Gasteiger partial charge in [-0.2, -0.15) is 0 Å². The number of hydrogen-bond acceptors (Lipinski definition) is 5. The normalized spacial score (nSPS) is 15.6. The standard InChI is InChI=1S/C22H17IO5/c23-15-3-1-2-13(8-15)12-27-17-9-18(25)22-19(26)11-20(28-21(22)10-17)14-4-6-16(24)7-5-14/h1-10,20,24-25H,11-12H2. The van der Waals surface area contributed by atoms with Crippen LogP contribution in [0.4, 0.5) is 0 Å². The average molecular weight is 488 g/mol. The zero-order chi connectivity index (χ0) is 19.7. The lowest BCUT2D eigenvalue weighted by Gasteiger charge is -2.26. The van der Waals surface area contributed by atoms with Gasteiger partial charge in [-0.3, -0.25) is 4.79 Å². The van der Waals surface area contributed by atoms with E-state index < -0.39 is 6.10 Å². The van der Waals surface area contributed by atoms with Crippen LogP contribution in [-0.2, 0) is 6.61 Å².